The second-order valence-corrected chi connectivity index (χ2v) is 4.05. The Morgan fingerprint density at radius 1 is 1.26 bits per heavy atom. The highest BCUT2D eigenvalue weighted by molar-refractivity contribution is 5.51. The van der Waals surface area contributed by atoms with Gasteiger partial charge in [0, 0.05) is 6.20 Å². The molecule has 3 nitrogen and oxygen atoms in total. The van der Waals surface area contributed by atoms with Crippen LogP contribution in [0.15, 0.2) is 36.5 Å². The molecule has 1 aromatic carbocycles. The molecule has 0 amide bonds. The highest BCUT2D eigenvalue weighted by atomic mass is 19.1. The average molecular weight is 259 g/mol. The lowest BCUT2D eigenvalue weighted by atomic mass is 10.1. The second kappa shape index (κ2) is 5.44. The standard InChI is InChI=1S/C14H11F2N3/c1-9(13-4-2-3-5-18-13)19-14-11(15)6-10(8-17)7-12(14)16/h2-7,9,19H,1H3. The van der Waals surface area contributed by atoms with E-state index in [1.807, 2.05) is 0 Å². The molecule has 1 heterocycles. The molecule has 96 valence electrons. The molecule has 0 saturated heterocycles. The maximum absolute atomic E-state index is 13.7. The van der Waals surface area contributed by atoms with Crippen LogP contribution < -0.4 is 5.32 Å². The molecule has 0 aliphatic heterocycles. The van der Waals surface area contributed by atoms with Crippen LogP contribution in [0.5, 0.6) is 0 Å². The largest absolute Gasteiger partial charge is 0.372 e. The third-order valence-electron chi connectivity index (χ3n) is 2.66. The van der Waals surface area contributed by atoms with Crippen LogP contribution >= 0.6 is 0 Å². The normalized spacial score (nSPS) is 11.7. The molecule has 0 saturated carbocycles. The van der Waals surface area contributed by atoms with Gasteiger partial charge in [-0.1, -0.05) is 6.07 Å². The lowest BCUT2D eigenvalue weighted by molar-refractivity contribution is 0.583. The Labute approximate surface area is 109 Å². The van der Waals surface area contributed by atoms with Gasteiger partial charge >= 0.3 is 0 Å². The van der Waals surface area contributed by atoms with Gasteiger partial charge in [-0.25, -0.2) is 8.78 Å². The van der Waals surface area contributed by atoms with Crippen LogP contribution in [0.25, 0.3) is 0 Å². The Balaban J connectivity index is 2.27. The maximum atomic E-state index is 13.7. The highest BCUT2D eigenvalue weighted by Crippen LogP contribution is 2.24. The Kier molecular flexibility index (Phi) is 3.71. The zero-order chi connectivity index (χ0) is 13.8. The Hall–Kier alpha value is -2.48. The van der Waals surface area contributed by atoms with Crippen molar-refractivity contribution in [2.45, 2.75) is 13.0 Å². The number of hydrogen-bond acceptors (Lipinski definition) is 3. The number of benzene rings is 1. The Bertz CT molecular complexity index is 597. The van der Waals surface area contributed by atoms with Gasteiger partial charge in [-0.3, -0.25) is 4.98 Å². The van der Waals surface area contributed by atoms with Crippen LogP contribution in [-0.4, -0.2) is 4.98 Å². The molecule has 0 aliphatic carbocycles. The van der Waals surface area contributed by atoms with E-state index in [1.54, 1.807) is 37.4 Å². The zero-order valence-corrected chi connectivity index (χ0v) is 10.2. The molecule has 1 N–H and O–H groups in total. The predicted octanol–water partition coefficient (Wildman–Crippen LogP) is 3.40. The van der Waals surface area contributed by atoms with Gasteiger partial charge in [-0.15, -0.1) is 0 Å². The summed E-state index contributed by atoms with van der Waals surface area (Å²) < 4.78 is 27.4. The first-order valence-corrected chi connectivity index (χ1v) is 5.68. The number of pyridine rings is 1. The average Bonchev–Trinajstić information content (AvgIpc) is 2.43. The van der Waals surface area contributed by atoms with Crippen LogP contribution in [0.4, 0.5) is 14.5 Å². The fraction of sp³-hybridized carbons (Fsp3) is 0.143. The van der Waals surface area contributed by atoms with Crippen molar-refractivity contribution in [2.75, 3.05) is 5.32 Å². The molecule has 2 rings (SSSR count). The van der Waals surface area contributed by atoms with E-state index in [0.29, 0.717) is 5.69 Å². The third-order valence-corrected chi connectivity index (χ3v) is 2.66. The maximum Gasteiger partial charge on any atom is 0.150 e. The van der Waals surface area contributed by atoms with E-state index in [9.17, 15) is 8.78 Å². The topological polar surface area (TPSA) is 48.7 Å². The van der Waals surface area contributed by atoms with Crippen molar-refractivity contribution in [1.82, 2.24) is 4.98 Å². The molecule has 1 aromatic heterocycles. The molecule has 0 aliphatic rings. The zero-order valence-electron chi connectivity index (χ0n) is 10.2. The van der Waals surface area contributed by atoms with E-state index in [4.69, 9.17) is 5.26 Å². The van der Waals surface area contributed by atoms with E-state index in [-0.39, 0.29) is 17.3 Å². The second-order valence-electron chi connectivity index (χ2n) is 4.05. The Morgan fingerprint density at radius 3 is 2.47 bits per heavy atom. The summed E-state index contributed by atoms with van der Waals surface area (Å²) in [7, 11) is 0. The first kappa shape index (κ1) is 13.0. The van der Waals surface area contributed by atoms with E-state index >= 15 is 0 Å². The number of nitrogens with one attached hydrogen (secondary N) is 1. The van der Waals surface area contributed by atoms with Crippen LogP contribution in [-0.2, 0) is 0 Å². The summed E-state index contributed by atoms with van der Waals surface area (Å²) in [6, 6.07) is 8.67. The van der Waals surface area contributed by atoms with Crippen LogP contribution in [0.1, 0.15) is 24.2 Å². The molecular formula is C14H11F2N3. The van der Waals surface area contributed by atoms with Crippen LogP contribution in [0.3, 0.4) is 0 Å². The fourth-order valence-corrected chi connectivity index (χ4v) is 1.70. The van der Waals surface area contributed by atoms with Gasteiger partial charge in [0.15, 0.2) is 11.6 Å². The van der Waals surface area contributed by atoms with Gasteiger partial charge in [-0.05, 0) is 31.2 Å². The van der Waals surface area contributed by atoms with Crippen molar-refractivity contribution in [1.29, 1.82) is 5.26 Å². The minimum atomic E-state index is -0.792. The molecule has 0 fully saturated rings. The minimum absolute atomic E-state index is 0.0500. The smallest absolute Gasteiger partial charge is 0.150 e. The quantitative estimate of drug-likeness (QED) is 0.918. The molecule has 1 atom stereocenters. The van der Waals surface area contributed by atoms with Crippen molar-refractivity contribution >= 4 is 5.69 Å². The first-order chi connectivity index (χ1) is 9.11. The van der Waals surface area contributed by atoms with Crippen LogP contribution in [0, 0.1) is 23.0 Å². The molecule has 0 radical (unpaired) electrons. The van der Waals surface area contributed by atoms with Gasteiger partial charge in [0.25, 0.3) is 0 Å². The number of rotatable bonds is 3. The number of halogens is 2. The number of nitrogens with zero attached hydrogens (tertiary/aromatic N) is 2. The molecule has 1 unspecified atom stereocenters. The van der Waals surface area contributed by atoms with Crippen LogP contribution in [0.2, 0.25) is 0 Å². The van der Waals surface area contributed by atoms with E-state index in [1.165, 1.54) is 0 Å². The van der Waals surface area contributed by atoms with Crippen molar-refractivity contribution < 1.29 is 8.78 Å². The van der Waals surface area contributed by atoms with E-state index in [2.05, 4.69) is 10.3 Å². The number of anilines is 1. The number of nitriles is 1. The molecule has 2 aromatic rings. The summed E-state index contributed by atoms with van der Waals surface area (Å²) in [5.74, 6) is -1.58. The Morgan fingerprint density at radius 2 is 1.95 bits per heavy atom. The van der Waals surface area contributed by atoms with Crippen molar-refractivity contribution in [3.63, 3.8) is 0 Å². The summed E-state index contributed by atoms with van der Waals surface area (Å²) in [6.07, 6.45) is 1.61. The molecule has 0 spiro atoms. The van der Waals surface area contributed by atoms with Gasteiger partial charge in [0.2, 0.25) is 0 Å². The van der Waals surface area contributed by atoms with E-state index in [0.717, 1.165) is 12.1 Å². The summed E-state index contributed by atoms with van der Waals surface area (Å²) in [4.78, 5) is 4.11. The molecule has 19 heavy (non-hydrogen) atoms. The molecule has 0 bridgehead atoms. The van der Waals surface area contributed by atoms with Gasteiger partial charge < -0.3 is 5.32 Å². The molecular weight excluding hydrogens is 248 g/mol. The van der Waals surface area contributed by atoms with E-state index < -0.39 is 11.6 Å². The van der Waals surface area contributed by atoms with Gasteiger partial charge in [-0.2, -0.15) is 5.26 Å². The SMILES string of the molecule is CC(Nc1c(F)cc(C#N)cc1F)c1ccccn1. The van der Waals surface area contributed by atoms with Crippen molar-refractivity contribution in [2.24, 2.45) is 0 Å². The monoisotopic (exact) mass is 259 g/mol. The lowest BCUT2D eigenvalue weighted by Crippen LogP contribution is -2.11. The number of hydrogen-bond donors (Lipinski definition) is 1. The number of aromatic nitrogens is 1. The molecule has 5 heteroatoms. The summed E-state index contributed by atoms with van der Waals surface area (Å²) in [5, 5.41) is 11.3. The fourth-order valence-electron chi connectivity index (χ4n) is 1.70. The van der Waals surface area contributed by atoms with Gasteiger partial charge in [0.1, 0.15) is 5.69 Å². The van der Waals surface area contributed by atoms with Crippen molar-refractivity contribution in [3.8, 4) is 6.07 Å². The summed E-state index contributed by atoms with van der Waals surface area (Å²) >= 11 is 0. The lowest BCUT2D eigenvalue weighted by Gasteiger charge is -2.16. The highest BCUT2D eigenvalue weighted by Gasteiger charge is 2.15. The van der Waals surface area contributed by atoms with Crippen molar-refractivity contribution in [3.05, 3.63) is 59.4 Å². The third kappa shape index (κ3) is 2.86. The van der Waals surface area contributed by atoms with Gasteiger partial charge in [0.05, 0.1) is 23.4 Å². The first-order valence-electron chi connectivity index (χ1n) is 5.68. The predicted molar refractivity (Wildman–Crippen MR) is 67.3 cm³/mol. The minimum Gasteiger partial charge on any atom is -0.372 e. The summed E-state index contributed by atoms with van der Waals surface area (Å²) in [6.45, 7) is 1.75. The summed E-state index contributed by atoms with van der Waals surface area (Å²) in [5.41, 5.74) is 0.369.